The van der Waals surface area contributed by atoms with Crippen molar-refractivity contribution in [3.63, 3.8) is 0 Å². The van der Waals surface area contributed by atoms with E-state index in [2.05, 4.69) is 63.8 Å². The van der Waals surface area contributed by atoms with E-state index in [1.54, 1.807) is 0 Å². The van der Waals surface area contributed by atoms with Gasteiger partial charge in [0.05, 0.1) is 0 Å². The number of halogens is 1. The number of alkyl halides is 1. The number of rotatable bonds is 4. The predicted octanol–water partition coefficient (Wildman–Crippen LogP) is 3.50. The molecule has 0 bridgehead atoms. The fourth-order valence-corrected chi connectivity index (χ4v) is 3.07. The summed E-state index contributed by atoms with van der Waals surface area (Å²) < 4.78 is 0. The summed E-state index contributed by atoms with van der Waals surface area (Å²) in [6, 6.07) is 9.44. The van der Waals surface area contributed by atoms with Gasteiger partial charge in [0.2, 0.25) is 0 Å². The van der Waals surface area contributed by atoms with Crippen molar-refractivity contribution in [1.82, 2.24) is 4.90 Å². The van der Waals surface area contributed by atoms with Crippen LogP contribution in [0.25, 0.3) is 0 Å². The van der Waals surface area contributed by atoms with E-state index in [0.29, 0.717) is 0 Å². The van der Waals surface area contributed by atoms with E-state index in [1.807, 2.05) is 0 Å². The van der Waals surface area contributed by atoms with Gasteiger partial charge in [0, 0.05) is 43.2 Å². The van der Waals surface area contributed by atoms with Crippen molar-refractivity contribution < 1.29 is 0 Å². The molecule has 100 valence electrons. The van der Waals surface area contributed by atoms with Gasteiger partial charge in [-0.2, -0.15) is 0 Å². The van der Waals surface area contributed by atoms with Crippen LogP contribution in [0, 0.1) is 0 Å². The fraction of sp³-hybridized carbons (Fsp3) is 0.600. The van der Waals surface area contributed by atoms with Gasteiger partial charge < -0.3 is 4.90 Å². The van der Waals surface area contributed by atoms with Crippen LogP contribution in [0.4, 0.5) is 5.69 Å². The molecular formula is C15H23BrN2. The van der Waals surface area contributed by atoms with Crippen molar-refractivity contribution in [3.05, 3.63) is 29.8 Å². The van der Waals surface area contributed by atoms with Gasteiger partial charge in [-0.3, -0.25) is 4.90 Å². The Bertz CT molecular complexity index is 373. The molecule has 0 amide bonds. The van der Waals surface area contributed by atoms with Crippen LogP contribution in [-0.2, 0) is 5.33 Å². The second kappa shape index (κ2) is 6.58. The summed E-state index contributed by atoms with van der Waals surface area (Å²) in [6.07, 6.45) is 1.25. The zero-order valence-corrected chi connectivity index (χ0v) is 13.0. The highest BCUT2D eigenvalue weighted by molar-refractivity contribution is 9.08. The van der Waals surface area contributed by atoms with Crippen molar-refractivity contribution >= 4 is 21.6 Å². The zero-order chi connectivity index (χ0) is 13.0. The van der Waals surface area contributed by atoms with E-state index < -0.39 is 0 Å². The molecule has 1 aliphatic heterocycles. The quantitative estimate of drug-likeness (QED) is 0.785. The second-order valence-electron chi connectivity index (χ2n) is 5.04. The molecule has 1 atom stereocenters. The minimum Gasteiger partial charge on any atom is -0.369 e. The molecule has 1 saturated heterocycles. The Labute approximate surface area is 119 Å². The van der Waals surface area contributed by atoms with Crippen LogP contribution in [0.2, 0.25) is 0 Å². The molecular weight excluding hydrogens is 288 g/mol. The lowest BCUT2D eigenvalue weighted by Gasteiger charge is -2.39. The van der Waals surface area contributed by atoms with Gasteiger partial charge in [0.1, 0.15) is 0 Å². The van der Waals surface area contributed by atoms with Crippen molar-refractivity contribution in [3.8, 4) is 0 Å². The molecule has 0 aromatic heterocycles. The van der Waals surface area contributed by atoms with Gasteiger partial charge in [-0.1, -0.05) is 41.1 Å². The molecule has 0 N–H and O–H groups in total. The summed E-state index contributed by atoms with van der Waals surface area (Å²) in [7, 11) is 0. The van der Waals surface area contributed by atoms with E-state index in [1.165, 1.54) is 30.8 Å². The molecule has 18 heavy (non-hydrogen) atoms. The minimum absolute atomic E-state index is 0.721. The van der Waals surface area contributed by atoms with Gasteiger partial charge >= 0.3 is 0 Å². The molecule has 1 aromatic carbocycles. The first kappa shape index (κ1) is 13.9. The topological polar surface area (TPSA) is 6.48 Å². The van der Waals surface area contributed by atoms with Gasteiger partial charge in [0.25, 0.3) is 0 Å². The first-order valence-electron chi connectivity index (χ1n) is 6.89. The lowest BCUT2D eigenvalue weighted by Crippen LogP contribution is -2.49. The first-order chi connectivity index (χ1) is 8.76. The normalized spacial score (nSPS) is 18.9. The Kier molecular flexibility index (Phi) is 5.07. The first-order valence-corrected chi connectivity index (χ1v) is 8.01. The Morgan fingerprint density at radius 3 is 2.44 bits per heavy atom. The van der Waals surface area contributed by atoms with E-state index in [4.69, 9.17) is 0 Å². The Hall–Kier alpha value is -0.540. The maximum Gasteiger partial charge on any atom is 0.0408 e. The molecule has 2 rings (SSSR count). The second-order valence-corrected chi connectivity index (χ2v) is 5.60. The molecule has 1 heterocycles. The highest BCUT2D eigenvalue weighted by Crippen LogP contribution is 2.24. The molecule has 2 nitrogen and oxygen atoms in total. The lowest BCUT2D eigenvalue weighted by molar-refractivity contribution is 0.193. The van der Waals surface area contributed by atoms with Crippen LogP contribution >= 0.6 is 15.9 Å². The number of hydrogen-bond acceptors (Lipinski definition) is 2. The smallest absolute Gasteiger partial charge is 0.0408 e. The molecule has 1 aliphatic rings. The number of para-hydroxylation sites is 1. The van der Waals surface area contributed by atoms with Crippen LogP contribution in [0.15, 0.2) is 24.3 Å². The largest absolute Gasteiger partial charge is 0.369 e. The zero-order valence-electron chi connectivity index (χ0n) is 11.4. The van der Waals surface area contributed by atoms with Gasteiger partial charge in [0.15, 0.2) is 0 Å². The average Bonchev–Trinajstić information content (AvgIpc) is 2.46. The van der Waals surface area contributed by atoms with Crippen LogP contribution in [0.3, 0.4) is 0 Å². The lowest BCUT2D eigenvalue weighted by atomic mass is 10.1. The standard InChI is InChI=1S/C15H23BrN2/c1-3-13(2)17-8-10-18(11-9-17)15-7-5-4-6-14(15)12-16/h4-7,13H,3,8-12H2,1-2H3. The summed E-state index contributed by atoms with van der Waals surface area (Å²) in [5.74, 6) is 0. The third-order valence-electron chi connectivity index (χ3n) is 4.00. The summed E-state index contributed by atoms with van der Waals surface area (Å²) in [6.45, 7) is 9.28. The number of anilines is 1. The van der Waals surface area contributed by atoms with E-state index in [0.717, 1.165) is 24.5 Å². The Balaban J connectivity index is 2.01. The monoisotopic (exact) mass is 310 g/mol. The van der Waals surface area contributed by atoms with Crippen molar-refractivity contribution in [2.75, 3.05) is 31.1 Å². The van der Waals surface area contributed by atoms with Crippen LogP contribution < -0.4 is 4.90 Å². The van der Waals surface area contributed by atoms with Crippen LogP contribution in [-0.4, -0.2) is 37.1 Å². The van der Waals surface area contributed by atoms with Crippen molar-refractivity contribution in [2.45, 2.75) is 31.6 Å². The molecule has 1 aromatic rings. The summed E-state index contributed by atoms with van der Waals surface area (Å²) in [5, 5.41) is 0.939. The number of piperazine rings is 1. The molecule has 0 saturated carbocycles. The van der Waals surface area contributed by atoms with Crippen molar-refractivity contribution in [1.29, 1.82) is 0 Å². The Morgan fingerprint density at radius 1 is 1.17 bits per heavy atom. The van der Waals surface area contributed by atoms with E-state index in [9.17, 15) is 0 Å². The highest BCUT2D eigenvalue weighted by Gasteiger charge is 2.21. The number of nitrogens with zero attached hydrogens (tertiary/aromatic N) is 2. The SMILES string of the molecule is CCC(C)N1CCN(c2ccccc2CBr)CC1. The summed E-state index contributed by atoms with van der Waals surface area (Å²) in [4.78, 5) is 5.13. The van der Waals surface area contributed by atoms with Gasteiger partial charge in [-0.05, 0) is 25.0 Å². The number of hydrogen-bond donors (Lipinski definition) is 0. The molecule has 3 heteroatoms. The third-order valence-corrected chi connectivity index (χ3v) is 4.61. The predicted molar refractivity (Wildman–Crippen MR) is 82.6 cm³/mol. The van der Waals surface area contributed by atoms with E-state index >= 15 is 0 Å². The fourth-order valence-electron chi connectivity index (χ4n) is 2.59. The maximum atomic E-state index is 3.58. The summed E-state index contributed by atoms with van der Waals surface area (Å²) >= 11 is 3.58. The van der Waals surface area contributed by atoms with Crippen molar-refractivity contribution in [2.24, 2.45) is 0 Å². The van der Waals surface area contributed by atoms with Crippen LogP contribution in [0.1, 0.15) is 25.8 Å². The Morgan fingerprint density at radius 2 is 1.83 bits per heavy atom. The maximum absolute atomic E-state index is 3.58. The molecule has 1 fully saturated rings. The van der Waals surface area contributed by atoms with Crippen LogP contribution in [0.5, 0.6) is 0 Å². The average molecular weight is 311 g/mol. The molecule has 0 spiro atoms. The highest BCUT2D eigenvalue weighted by atomic mass is 79.9. The molecule has 0 aliphatic carbocycles. The van der Waals surface area contributed by atoms with Gasteiger partial charge in [-0.15, -0.1) is 0 Å². The number of benzene rings is 1. The van der Waals surface area contributed by atoms with E-state index in [-0.39, 0.29) is 0 Å². The third kappa shape index (κ3) is 3.07. The minimum atomic E-state index is 0.721. The molecule has 1 unspecified atom stereocenters. The summed E-state index contributed by atoms with van der Waals surface area (Å²) in [5.41, 5.74) is 2.80. The molecule has 0 radical (unpaired) electrons. The van der Waals surface area contributed by atoms with Gasteiger partial charge in [-0.25, -0.2) is 0 Å².